The molecule has 2 rings (SSSR count). The molecule has 0 aliphatic heterocycles. The molecule has 2 aromatic rings. The molecule has 1 aromatic carbocycles. The second kappa shape index (κ2) is 9.60. The van der Waals surface area contributed by atoms with Gasteiger partial charge in [-0.1, -0.05) is 6.07 Å². The highest BCUT2D eigenvalue weighted by molar-refractivity contribution is 5.78. The van der Waals surface area contributed by atoms with E-state index in [0.29, 0.717) is 30.4 Å². The van der Waals surface area contributed by atoms with Crippen molar-refractivity contribution in [2.24, 2.45) is 0 Å². The molecular weight excluding hydrogens is 334 g/mol. The molecule has 0 saturated heterocycles. The fourth-order valence-corrected chi connectivity index (χ4v) is 2.43. The van der Waals surface area contributed by atoms with Crippen molar-refractivity contribution in [3.05, 3.63) is 35.7 Å². The number of hydrogen-bond donors (Lipinski definition) is 2. The first kappa shape index (κ1) is 19.5. The van der Waals surface area contributed by atoms with Gasteiger partial charge in [-0.05, 0) is 38.0 Å². The summed E-state index contributed by atoms with van der Waals surface area (Å²) < 4.78 is 10.9. The van der Waals surface area contributed by atoms with E-state index in [1.165, 1.54) is 6.92 Å². The third-order valence-electron chi connectivity index (χ3n) is 3.84. The summed E-state index contributed by atoms with van der Waals surface area (Å²) in [6.45, 7) is 4.48. The largest absolute Gasteiger partial charge is 0.497 e. The van der Waals surface area contributed by atoms with Gasteiger partial charge in [0.25, 0.3) is 0 Å². The van der Waals surface area contributed by atoms with Crippen LogP contribution in [0.25, 0.3) is 11.5 Å². The van der Waals surface area contributed by atoms with E-state index in [1.54, 1.807) is 14.0 Å². The molecule has 0 radical (unpaired) electrons. The van der Waals surface area contributed by atoms with E-state index in [4.69, 9.17) is 9.15 Å². The van der Waals surface area contributed by atoms with E-state index in [1.807, 2.05) is 24.3 Å². The molecule has 0 atom stereocenters. The van der Waals surface area contributed by atoms with Gasteiger partial charge in [0.1, 0.15) is 11.5 Å². The molecule has 0 saturated carbocycles. The number of nitrogens with zero attached hydrogens (tertiary/aromatic N) is 1. The van der Waals surface area contributed by atoms with Crippen molar-refractivity contribution in [2.75, 3.05) is 20.2 Å². The first-order chi connectivity index (χ1) is 12.5. The lowest BCUT2D eigenvalue weighted by molar-refractivity contribution is -0.121. The Kier molecular flexibility index (Phi) is 7.20. The van der Waals surface area contributed by atoms with Crippen molar-refractivity contribution in [2.45, 2.75) is 33.1 Å². The first-order valence-electron chi connectivity index (χ1n) is 8.61. The highest BCUT2D eigenvalue weighted by atomic mass is 16.5. The third-order valence-corrected chi connectivity index (χ3v) is 3.84. The van der Waals surface area contributed by atoms with Crippen LogP contribution in [0, 0.1) is 6.92 Å². The Morgan fingerprint density at radius 3 is 2.62 bits per heavy atom. The van der Waals surface area contributed by atoms with E-state index in [9.17, 15) is 9.59 Å². The van der Waals surface area contributed by atoms with Crippen molar-refractivity contribution in [1.29, 1.82) is 0 Å². The summed E-state index contributed by atoms with van der Waals surface area (Å²) in [5.41, 5.74) is 1.43. The SMILES string of the molecule is COc1cccc(-c2nc(CC(=O)NCCCCNC(C)=O)c(C)o2)c1. The number of carbonyl (C=O) groups is 2. The molecule has 0 fully saturated rings. The quantitative estimate of drug-likeness (QED) is 0.670. The highest BCUT2D eigenvalue weighted by Gasteiger charge is 2.15. The van der Waals surface area contributed by atoms with Crippen molar-refractivity contribution >= 4 is 11.8 Å². The Balaban J connectivity index is 1.85. The summed E-state index contributed by atoms with van der Waals surface area (Å²) in [5.74, 6) is 1.68. The van der Waals surface area contributed by atoms with Crippen LogP contribution >= 0.6 is 0 Å². The van der Waals surface area contributed by atoms with Crippen LogP contribution in [0.5, 0.6) is 5.75 Å². The smallest absolute Gasteiger partial charge is 0.226 e. The zero-order valence-electron chi connectivity index (χ0n) is 15.4. The van der Waals surface area contributed by atoms with Gasteiger partial charge in [0.2, 0.25) is 17.7 Å². The monoisotopic (exact) mass is 359 g/mol. The zero-order valence-corrected chi connectivity index (χ0v) is 15.4. The van der Waals surface area contributed by atoms with Gasteiger partial charge in [-0.2, -0.15) is 0 Å². The van der Waals surface area contributed by atoms with Crippen LogP contribution in [-0.2, 0) is 16.0 Å². The van der Waals surface area contributed by atoms with Gasteiger partial charge in [0, 0.05) is 25.6 Å². The van der Waals surface area contributed by atoms with Gasteiger partial charge in [-0.25, -0.2) is 4.98 Å². The normalized spacial score (nSPS) is 10.4. The van der Waals surface area contributed by atoms with Crippen molar-refractivity contribution in [3.63, 3.8) is 0 Å². The van der Waals surface area contributed by atoms with Gasteiger partial charge in [0.05, 0.1) is 19.2 Å². The molecule has 1 heterocycles. The average molecular weight is 359 g/mol. The number of unbranched alkanes of at least 4 members (excludes halogenated alkanes) is 1. The van der Waals surface area contributed by atoms with Gasteiger partial charge in [0.15, 0.2) is 0 Å². The summed E-state index contributed by atoms with van der Waals surface area (Å²) in [5, 5.41) is 5.58. The highest BCUT2D eigenvalue weighted by Crippen LogP contribution is 2.25. The molecule has 26 heavy (non-hydrogen) atoms. The van der Waals surface area contributed by atoms with Gasteiger partial charge in [-0.15, -0.1) is 0 Å². The number of rotatable bonds is 9. The molecule has 0 unspecified atom stereocenters. The van der Waals surface area contributed by atoms with E-state index in [2.05, 4.69) is 15.6 Å². The van der Waals surface area contributed by atoms with E-state index in [-0.39, 0.29) is 18.2 Å². The molecule has 140 valence electrons. The van der Waals surface area contributed by atoms with Crippen LogP contribution in [0.2, 0.25) is 0 Å². The number of ether oxygens (including phenoxy) is 1. The summed E-state index contributed by atoms with van der Waals surface area (Å²) in [7, 11) is 1.60. The number of hydrogen-bond acceptors (Lipinski definition) is 5. The minimum Gasteiger partial charge on any atom is -0.497 e. The molecule has 0 spiro atoms. The van der Waals surface area contributed by atoms with Crippen LogP contribution in [0.3, 0.4) is 0 Å². The number of benzene rings is 1. The molecule has 7 nitrogen and oxygen atoms in total. The van der Waals surface area contributed by atoms with Gasteiger partial charge >= 0.3 is 0 Å². The fraction of sp³-hybridized carbons (Fsp3) is 0.421. The lowest BCUT2D eigenvalue weighted by atomic mass is 10.2. The second-order valence-electron chi connectivity index (χ2n) is 5.97. The van der Waals surface area contributed by atoms with Crippen LogP contribution < -0.4 is 15.4 Å². The van der Waals surface area contributed by atoms with Gasteiger partial charge in [-0.3, -0.25) is 9.59 Å². The number of oxazole rings is 1. The van der Waals surface area contributed by atoms with Crippen LogP contribution in [0.15, 0.2) is 28.7 Å². The molecule has 2 N–H and O–H groups in total. The summed E-state index contributed by atoms with van der Waals surface area (Å²) in [4.78, 5) is 27.3. The first-order valence-corrected chi connectivity index (χ1v) is 8.61. The fourth-order valence-electron chi connectivity index (χ4n) is 2.43. The van der Waals surface area contributed by atoms with Crippen LogP contribution in [0.4, 0.5) is 0 Å². The number of methoxy groups -OCH3 is 1. The molecule has 0 aliphatic rings. The minimum absolute atomic E-state index is 0.0395. The topological polar surface area (TPSA) is 93.5 Å². The molecule has 1 aromatic heterocycles. The molecule has 2 amide bonds. The van der Waals surface area contributed by atoms with Crippen LogP contribution in [0.1, 0.15) is 31.2 Å². The summed E-state index contributed by atoms with van der Waals surface area (Å²) >= 11 is 0. The second-order valence-corrected chi connectivity index (χ2v) is 5.97. The Labute approximate surface area is 153 Å². The number of nitrogens with one attached hydrogen (secondary N) is 2. The number of aryl methyl sites for hydroxylation is 1. The average Bonchev–Trinajstić information content (AvgIpc) is 2.98. The molecule has 0 bridgehead atoms. The van der Waals surface area contributed by atoms with E-state index >= 15 is 0 Å². The number of carbonyl (C=O) groups excluding carboxylic acids is 2. The summed E-state index contributed by atoms with van der Waals surface area (Å²) in [6, 6.07) is 7.43. The maximum Gasteiger partial charge on any atom is 0.226 e. The zero-order chi connectivity index (χ0) is 18.9. The maximum absolute atomic E-state index is 12.1. The van der Waals surface area contributed by atoms with Gasteiger partial charge < -0.3 is 19.8 Å². The number of aromatic nitrogens is 1. The van der Waals surface area contributed by atoms with Crippen molar-refractivity contribution < 1.29 is 18.7 Å². The predicted molar refractivity (Wildman–Crippen MR) is 97.9 cm³/mol. The third kappa shape index (κ3) is 5.91. The van der Waals surface area contributed by atoms with E-state index in [0.717, 1.165) is 24.2 Å². The van der Waals surface area contributed by atoms with Crippen molar-refractivity contribution in [1.82, 2.24) is 15.6 Å². The molecular formula is C19H25N3O4. The Hall–Kier alpha value is -2.83. The Bertz CT molecular complexity index is 755. The predicted octanol–water partition coefficient (Wildman–Crippen LogP) is 2.23. The lowest BCUT2D eigenvalue weighted by Gasteiger charge is -2.04. The van der Waals surface area contributed by atoms with Crippen molar-refractivity contribution in [3.8, 4) is 17.2 Å². The Morgan fingerprint density at radius 1 is 1.19 bits per heavy atom. The minimum atomic E-state index is -0.0990. The summed E-state index contributed by atoms with van der Waals surface area (Å²) in [6.07, 6.45) is 1.80. The number of amides is 2. The molecule has 7 heteroatoms. The van der Waals surface area contributed by atoms with E-state index < -0.39 is 0 Å². The molecule has 0 aliphatic carbocycles. The van der Waals surface area contributed by atoms with Crippen LogP contribution in [-0.4, -0.2) is 37.0 Å². The lowest BCUT2D eigenvalue weighted by Crippen LogP contribution is -2.27. The Morgan fingerprint density at radius 2 is 1.92 bits per heavy atom. The maximum atomic E-state index is 12.1. The standard InChI is InChI=1S/C19H25N3O4/c1-13-17(12-18(24)21-10-5-4-9-20-14(2)23)22-19(26-13)15-7-6-8-16(11-15)25-3/h6-8,11H,4-5,9-10,12H2,1-3H3,(H,20,23)(H,21,24).